The molecule has 2 rings (SSSR count). The van der Waals surface area contributed by atoms with Gasteiger partial charge in [0.05, 0.1) is 41.2 Å². The molecule has 0 unspecified atom stereocenters. The molecule has 0 aliphatic carbocycles. The highest BCUT2D eigenvalue weighted by atomic mass is 35.5. The van der Waals surface area contributed by atoms with Gasteiger partial charge in [-0.05, 0) is 38.3 Å². The van der Waals surface area contributed by atoms with Crippen LogP contribution in [-0.4, -0.2) is 88.3 Å². The third-order valence-electron chi connectivity index (χ3n) is 6.25. The summed E-state index contributed by atoms with van der Waals surface area (Å²) in [5, 5.41) is 3.51. The second-order valence-corrected chi connectivity index (χ2v) is 9.41. The number of rotatable bonds is 14. The largest absolute Gasteiger partial charge is 0.496 e. The first-order valence-corrected chi connectivity index (χ1v) is 14.0. The van der Waals surface area contributed by atoms with Crippen molar-refractivity contribution in [1.29, 1.82) is 0 Å². The maximum absolute atomic E-state index is 12.1. The van der Waals surface area contributed by atoms with E-state index in [1.807, 2.05) is 0 Å². The van der Waals surface area contributed by atoms with Gasteiger partial charge in [-0.2, -0.15) is 0 Å². The van der Waals surface area contributed by atoms with Gasteiger partial charge >= 0.3 is 5.97 Å². The lowest BCUT2D eigenvalue weighted by Crippen LogP contribution is -2.34. The average Bonchev–Trinajstić information content (AvgIpc) is 2.95. The Morgan fingerprint density at radius 1 is 0.775 bits per heavy atom. The summed E-state index contributed by atoms with van der Waals surface area (Å²) in [7, 11) is 2.96. The van der Waals surface area contributed by atoms with Crippen molar-refractivity contribution in [3.8, 4) is 11.5 Å². The van der Waals surface area contributed by atoms with E-state index in [-0.39, 0.29) is 11.5 Å². The van der Waals surface area contributed by atoms with Gasteiger partial charge in [0.1, 0.15) is 23.7 Å². The molecule has 0 saturated heterocycles. The minimum absolute atomic E-state index is 0.212. The van der Waals surface area contributed by atoms with Crippen LogP contribution in [0.5, 0.6) is 11.5 Å². The van der Waals surface area contributed by atoms with Gasteiger partial charge in [0.2, 0.25) is 0 Å². The number of benzene rings is 2. The Morgan fingerprint density at radius 2 is 1.23 bits per heavy atom. The molecule has 0 bridgehead atoms. The van der Waals surface area contributed by atoms with Crippen LogP contribution in [0, 0.1) is 0 Å². The molecule has 224 valence electrons. The standard InChI is InChI=1S/C14H22ClN3O2.C14H21ClN2O3/c1-4-18(5-2)7-6-17-14(19)10-8-11(15)12(16)9-13(10)20-3;1-4-17(5-2)6-7-20-14(18)10-8-11(15)12(16)9-13(10)19-3/h8-9H,4-7,16H2,1-3H3,(H,17,19);8-9H,4-7,16H2,1-3H3. The van der Waals surface area contributed by atoms with Crippen LogP contribution in [0.3, 0.4) is 0 Å². The summed E-state index contributed by atoms with van der Waals surface area (Å²) in [6, 6.07) is 6.07. The summed E-state index contributed by atoms with van der Waals surface area (Å²) in [5.41, 5.74) is 12.8. The van der Waals surface area contributed by atoms with Crippen LogP contribution in [0.25, 0.3) is 0 Å². The fraction of sp³-hybridized carbons (Fsp3) is 0.500. The quantitative estimate of drug-likeness (QED) is 0.213. The number of hydrogen-bond acceptors (Lipinski definition) is 9. The second-order valence-electron chi connectivity index (χ2n) is 8.59. The van der Waals surface area contributed by atoms with Crippen molar-refractivity contribution in [2.24, 2.45) is 0 Å². The number of esters is 1. The van der Waals surface area contributed by atoms with Crippen molar-refractivity contribution >= 4 is 46.5 Å². The summed E-state index contributed by atoms with van der Waals surface area (Å²) in [6.07, 6.45) is 0. The number of likely N-dealkylation sites (N-methyl/N-ethyl adjacent to an activating group) is 2. The number of methoxy groups -OCH3 is 2. The van der Waals surface area contributed by atoms with Crippen LogP contribution < -0.4 is 26.3 Å². The minimum Gasteiger partial charge on any atom is -0.496 e. The van der Waals surface area contributed by atoms with Crippen molar-refractivity contribution in [2.45, 2.75) is 27.7 Å². The minimum atomic E-state index is -0.462. The SMILES string of the molecule is CCN(CC)CCNC(=O)c1cc(Cl)c(N)cc1OC.CCN(CC)CCOC(=O)c1cc(Cl)c(N)cc1OC. The zero-order valence-corrected chi connectivity index (χ0v) is 25.8. The van der Waals surface area contributed by atoms with Gasteiger partial charge in [0.25, 0.3) is 5.91 Å². The van der Waals surface area contributed by atoms with Crippen LogP contribution in [-0.2, 0) is 4.74 Å². The highest BCUT2D eigenvalue weighted by Crippen LogP contribution is 2.30. The van der Waals surface area contributed by atoms with Crippen LogP contribution in [0.2, 0.25) is 10.0 Å². The van der Waals surface area contributed by atoms with Crippen LogP contribution in [0.15, 0.2) is 24.3 Å². The molecule has 0 aliphatic rings. The zero-order valence-electron chi connectivity index (χ0n) is 24.3. The Bertz CT molecular complexity index is 1010. The van der Waals surface area contributed by atoms with E-state index in [4.69, 9.17) is 48.9 Å². The molecule has 0 radical (unpaired) electrons. The molecular formula is C28H43Cl2N5O5. The molecule has 12 heteroatoms. The van der Waals surface area contributed by atoms with Gasteiger partial charge in [-0.25, -0.2) is 4.79 Å². The molecule has 0 fully saturated rings. The van der Waals surface area contributed by atoms with Crippen LogP contribution >= 0.6 is 23.2 Å². The number of hydrogen-bond donors (Lipinski definition) is 3. The van der Waals surface area contributed by atoms with Gasteiger partial charge in [0, 0.05) is 31.8 Å². The third kappa shape index (κ3) is 10.9. The molecule has 0 aliphatic heterocycles. The molecule has 0 aromatic heterocycles. The van der Waals surface area contributed by atoms with Gasteiger partial charge in [-0.3, -0.25) is 4.79 Å². The first-order chi connectivity index (χ1) is 19.1. The van der Waals surface area contributed by atoms with E-state index in [9.17, 15) is 9.59 Å². The Hall–Kier alpha value is -2.92. The number of nitrogens with zero attached hydrogens (tertiary/aromatic N) is 2. The van der Waals surface area contributed by atoms with E-state index in [1.165, 1.54) is 32.4 Å². The maximum Gasteiger partial charge on any atom is 0.342 e. The molecule has 1 amide bonds. The monoisotopic (exact) mass is 599 g/mol. The van der Waals surface area contributed by atoms with E-state index in [2.05, 4.69) is 42.8 Å². The van der Waals surface area contributed by atoms with Crippen LogP contribution in [0.4, 0.5) is 11.4 Å². The van der Waals surface area contributed by atoms with E-state index in [0.717, 1.165) is 32.7 Å². The molecule has 40 heavy (non-hydrogen) atoms. The zero-order chi connectivity index (χ0) is 30.2. The Labute approximate surface area is 247 Å². The van der Waals surface area contributed by atoms with Crippen molar-refractivity contribution < 1.29 is 23.8 Å². The summed E-state index contributed by atoms with van der Waals surface area (Å²) in [6.45, 7) is 14.5. The van der Waals surface area contributed by atoms with Crippen molar-refractivity contribution in [1.82, 2.24) is 15.1 Å². The Balaban J connectivity index is 0.000000400. The normalized spacial score (nSPS) is 10.7. The number of ether oxygens (including phenoxy) is 3. The summed E-state index contributed by atoms with van der Waals surface area (Å²) < 4.78 is 15.5. The van der Waals surface area contributed by atoms with Crippen molar-refractivity contribution in [3.05, 3.63) is 45.4 Å². The van der Waals surface area contributed by atoms with Gasteiger partial charge < -0.3 is 40.8 Å². The average molecular weight is 601 g/mol. The molecule has 0 spiro atoms. The lowest BCUT2D eigenvalue weighted by atomic mass is 10.1. The molecular weight excluding hydrogens is 557 g/mol. The number of carbonyl (C=O) groups excluding carboxylic acids is 2. The Morgan fingerprint density at radius 3 is 1.70 bits per heavy atom. The molecule has 2 aromatic rings. The van der Waals surface area contributed by atoms with Gasteiger partial charge in [-0.15, -0.1) is 0 Å². The summed E-state index contributed by atoms with van der Waals surface area (Å²) >= 11 is 11.9. The number of nitrogen functional groups attached to an aromatic ring is 2. The molecule has 0 heterocycles. The fourth-order valence-corrected chi connectivity index (χ4v) is 3.99. The predicted octanol–water partition coefficient (Wildman–Crippen LogP) is 4.43. The predicted molar refractivity (Wildman–Crippen MR) is 163 cm³/mol. The first-order valence-electron chi connectivity index (χ1n) is 13.2. The fourth-order valence-electron chi connectivity index (χ4n) is 3.66. The first kappa shape index (κ1) is 35.1. The third-order valence-corrected chi connectivity index (χ3v) is 6.90. The number of nitrogens with one attached hydrogen (secondary N) is 1. The molecule has 2 aromatic carbocycles. The van der Waals surface area contributed by atoms with E-state index in [0.29, 0.717) is 58.2 Å². The smallest absolute Gasteiger partial charge is 0.342 e. The van der Waals surface area contributed by atoms with E-state index in [1.54, 1.807) is 6.07 Å². The lowest BCUT2D eigenvalue weighted by molar-refractivity contribution is 0.0463. The van der Waals surface area contributed by atoms with E-state index >= 15 is 0 Å². The molecule has 0 saturated carbocycles. The van der Waals surface area contributed by atoms with Crippen molar-refractivity contribution in [2.75, 3.05) is 78.1 Å². The van der Waals surface area contributed by atoms with Gasteiger partial charge in [0.15, 0.2) is 0 Å². The highest BCUT2D eigenvalue weighted by Gasteiger charge is 2.17. The molecule has 10 nitrogen and oxygen atoms in total. The number of amides is 1. The topological polar surface area (TPSA) is 132 Å². The summed E-state index contributed by atoms with van der Waals surface area (Å²) in [5.74, 6) is 0.110. The second kappa shape index (κ2) is 18.4. The molecule has 0 atom stereocenters. The van der Waals surface area contributed by atoms with E-state index < -0.39 is 5.97 Å². The highest BCUT2D eigenvalue weighted by molar-refractivity contribution is 6.34. The lowest BCUT2D eigenvalue weighted by Gasteiger charge is -2.18. The summed E-state index contributed by atoms with van der Waals surface area (Å²) in [4.78, 5) is 28.6. The number of nitrogens with two attached hydrogens (primary N) is 2. The van der Waals surface area contributed by atoms with Crippen molar-refractivity contribution in [3.63, 3.8) is 0 Å². The number of anilines is 2. The van der Waals surface area contributed by atoms with Crippen LogP contribution in [0.1, 0.15) is 48.4 Å². The Kier molecular flexibility index (Phi) is 16.2. The number of halogens is 2. The number of carbonyl (C=O) groups is 2. The van der Waals surface area contributed by atoms with Gasteiger partial charge in [-0.1, -0.05) is 50.9 Å². The molecule has 5 N–H and O–H groups in total. The maximum atomic E-state index is 12.1.